The monoisotopic (exact) mass is 177 g/mol. The van der Waals surface area contributed by atoms with Crippen LogP contribution >= 0.6 is 0 Å². The molecule has 2 rings (SSSR count). The molecule has 5 heteroatoms. The number of hydrogen-bond acceptors (Lipinski definition) is 4. The lowest BCUT2D eigenvalue weighted by Crippen LogP contribution is -2.26. The van der Waals surface area contributed by atoms with Gasteiger partial charge < -0.3 is 5.32 Å². The summed E-state index contributed by atoms with van der Waals surface area (Å²) in [5, 5.41) is 15.9. The molecule has 1 fully saturated rings. The van der Waals surface area contributed by atoms with E-state index >= 15 is 0 Å². The third-order valence-electron chi connectivity index (χ3n) is 2.21. The molecule has 68 valence electrons. The Balaban J connectivity index is 1.97. The molecular weight excluding hydrogens is 166 g/mol. The summed E-state index contributed by atoms with van der Waals surface area (Å²) in [5.74, 6) is 0.248. The van der Waals surface area contributed by atoms with Gasteiger partial charge in [-0.3, -0.25) is 4.68 Å². The number of rotatable bonds is 2. The summed E-state index contributed by atoms with van der Waals surface area (Å²) < 4.78 is 1.72. The first kappa shape index (κ1) is 8.20. The molecule has 0 saturated carbocycles. The van der Waals surface area contributed by atoms with Crippen molar-refractivity contribution in [3.63, 3.8) is 0 Å². The van der Waals surface area contributed by atoms with E-state index in [9.17, 15) is 0 Å². The minimum absolute atomic E-state index is 0.248. The standard InChI is InChI=1S/C8H11N5/c9-4-8-11-6-13(12-8)5-7-2-1-3-10-7/h6-7,10H,1-3,5H2. The minimum atomic E-state index is 0.248. The van der Waals surface area contributed by atoms with Crippen LogP contribution in [-0.4, -0.2) is 27.4 Å². The Hall–Kier alpha value is -1.41. The second-order valence-electron chi connectivity index (χ2n) is 3.20. The number of nitrogens with zero attached hydrogens (tertiary/aromatic N) is 4. The van der Waals surface area contributed by atoms with Crippen molar-refractivity contribution in [3.05, 3.63) is 12.2 Å². The van der Waals surface area contributed by atoms with Crippen molar-refractivity contribution in [3.8, 4) is 6.07 Å². The molecule has 0 radical (unpaired) electrons. The molecular formula is C8H11N5. The Bertz CT molecular complexity index is 318. The fourth-order valence-corrected chi connectivity index (χ4v) is 1.57. The van der Waals surface area contributed by atoms with Gasteiger partial charge in [0.15, 0.2) is 0 Å². The number of aromatic nitrogens is 3. The van der Waals surface area contributed by atoms with Crippen molar-refractivity contribution >= 4 is 0 Å². The van der Waals surface area contributed by atoms with Gasteiger partial charge in [-0.05, 0) is 19.4 Å². The van der Waals surface area contributed by atoms with E-state index in [0.29, 0.717) is 6.04 Å². The summed E-state index contributed by atoms with van der Waals surface area (Å²) in [7, 11) is 0. The largest absolute Gasteiger partial charge is 0.312 e. The van der Waals surface area contributed by atoms with E-state index in [0.717, 1.165) is 13.1 Å². The van der Waals surface area contributed by atoms with Crippen molar-refractivity contribution in [2.75, 3.05) is 6.54 Å². The van der Waals surface area contributed by atoms with Crippen LogP contribution in [0.2, 0.25) is 0 Å². The maximum Gasteiger partial charge on any atom is 0.252 e. The first-order chi connectivity index (χ1) is 6.38. The summed E-state index contributed by atoms with van der Waals surface area (Å²) >= 11 is 0. The second kappa shape index (κ2) is 3.54. The predicted molar refractivity (Wildman–Crippen MR) is 45.8 cm³/mol. The lowest BCUT2D eigenvalue weighted by molar-refractivity contribution is 0.474. The topological polar surface area (TPSA) is 66.5 Å². The van der Waals surface area contributed by atoms with Gasteiger partial charge in [-0.25, -0.2) is 4.98 Å². The van der Waals surface area contributed by atoms with Crippen LogP contribution in [0.3, 0.4) is 0 Å². The van der Waals surface area contributed by atoms with Gasteiger partial charge in [0.1, 0.15) is 12.4 Å². The summed E-state index contributed by atoms with van der Waals surface area (Å²) in [4.78, 5) is 3.84. The SMILES string of the molecule is N#Cc1ncn(CC2CCCN2)n1. The van der Waals surface area contributed by atoms with Crippen LogP contribution in [0.1, 0.15) is 18.7 Å². The van der Waals surface area contributed by atoms with E-state index in [4.69, 9.17) is 5.26 Å². The molecule has 1 aliphatic heterocycles. The van der Waals surface area contributed by atoms with Gasteiger partial charge in [0.2, 0.25) is 0 Å². The van der Waals surface area contributed by atoms with Gasteiger partial charge in [-0.2, -0.15) is 5.26 Å². The van der Waals surface area contributed by atoms with Crippen LogP contribution in [0.25, 0.3) is 0 Å². The number of hydrogen-bond donors (Lipinski definition) is 1. The zero-order valence-electron chi connectivity index (χ0n) is 7.27. The van der Waals surface area contributed by atoms with Crippen LogP contribution in [0.15, 0.2) is 6.33 Å². The van der Waals surface area contributed by atoms with E-state index in [1.165, 1.54) is 12.8 Å². The fraction of sp³-hybridized carbons (Fsp3) is 0.625. The van der Waals surface area contributed by atoms with Gasteiger partial charge in [0.25, 0.3) is 5.82 Å². The molecule has 1 aromatic rings. The van der Waals surface area contributed by atoms with Gasteiger partial charge in [0.05, 0.1) is 6.54 Å². The zero-order valence-corrected chi connectivity index (χ0v) is 7.27. The van der Waals surface area contributed by atoms with Crippen molar-refractivity contribution in [2.24, 2.45) is 0 Å². The molecule has 1 saturated heterocycles. The van der Waals surface area contributed by atoms with Gasteiger partial charge in [0, 0.05) is 6.04 Å². The molecule has 0 spiro atoms. The summed E-state index contributed by atoms with van der Waals surface area (Å²) in [6, 6.07) is 2.40. The van der Waals surface area contributed by atoms with Crippen molar-refractivity contribution < 1.29 is 0 Å². The number of nitriles is 1. The summed E-state index contributed by atoms with van der Waals surface area (Å²) in [6.07, 6.45) is 4.02. The first-order valence-electron chi connectivity index (χ1n) is 4.41. The summed E-state index contributed by atoms with van der Waals surface area (Å²) in [6.45, 7) is 1.90. The van der Waals surface area contributed by atoms with E-state index < -0.39 is 0 Å². The van der Waals surface area contributed by atoms with Crippen molar-refractivity contribution in [1.29, 1.82) is 5.26 Å². The lowest BCUT2D eigenvalue weighted by atomic mass is 10.2. The lowest BCUT2D eigenvalue weighted by Gasteiger charge is -2.08. The smallest absolute Gasteiger partial charge is 0.252 e. The first-order valence-corrected chi connectivity index (χ1v) is 4.41. The van der Waals surface area contributed by atoms with E-state index in [-0.39, 0.29) is 5.82 Å². The minimum Gasteiger partial charge on any atom is -0.312 e. The maximum atomic E-state index is 8.51. The third kappa shape index (κ3) is 1.84. The molecule has 1 unspecified atom stereocenters. The fourth-order valence-electron chi connectivity index (χ4n) is 1.57. The Morgan fingerprint density at radius 3 is 3.31 bits per heavy atom. The van der Waals surface area contributed by atoms with Gasteiger partial charge in [-0.15, -0.1) is 5.10 Å². The summed E-state index contributed by atoms with van der Waals surface area (Å²) in [5.41, 5.74) is 0. The van der Waals surface area contributed by atoms with Gasteiger partial charge >= 0.3 is 0 Å². The van der Waals surface area contributed by atoms with Crippen LogP contribution < -0.4 is 5.32 Å². The molecule has 13 heavy (non-hydrogen) atoms. The Labute approximate surface area is 76.4 Å². The molecule has 1 atom stereocenters. The molecule has 0 aromatic carbocycles. The second-order valence-corrected chi connectivity index (χ2v) is 3.20. The Morgan fingerprint density at radius 1 is 1.77 bits per heavy atom. The van der Waals surface area contributed by atoms with Crippen molar-refractivity contribution in [1.82, 2.24) is 20.1 Å². The highest BCUT2D eigenvalue weighted by atomic mass is 15.3. The highest BCUT2D eigenvalue weighted by Crippen LogP contribution is 2.06. The Kier molecular flexibility index (Phi) is 2.23. The predicted octanol–water partition coefficient (Wildman–Crippen LogP) is -0.0982. The van der Waals surface area contributed by atoms with E-state index in [2.05, 4.69) is 15.4 Å². The molecule has 1 aromatic heterocycles. The Morgan fingerprint density at radius 2 is 2.69 bits per heavy atom. The van der Waals surface area contributed by atoms with Crippen LogP contribution in [-0.2, 0) is 6.54 Å². The molecule has 0 aliphatic carbocycles. The quantitative estimate of drug-likeness (QED) is 0.685. The maximum absolute atomic E-state index is 8.51. The number of nitrogens with one attached hydrogen (secondary N) is 1. The van der Waals surface area contributed by atoms with Crippen LogP contribution in [0.5, 0.6) is 0 Å². The average Bonchev–Trinajstić information content (AvgIpc) is 2.76. The third-order valence-corrected chi connectivity index (χ3v) is 2.21. The van der Waals surface area contributed by atoms with Crippen LogP contribution in [0, 0.1) is 11.3 Å². The van der Waals surface area contributed by atoms with Gasteiger partial charge in [-0.1, -0.05) is 0 Å². The molecule has 0 bridgehead atoms. The zero-order chi connectivity index (χ0) is 9.10. The average molecular weight is 177 g/mol. The van der Waals surface area contributed by atoms with Crippen molar-refractivity contribution in [2.45, 2.75) is 25.4 Å². The molecule has 2 heterocycles. The normalized spacial score (nSPS) is 21.6. The van der Waals surface area contributed by atoms with Crippen LogP contribution in [0.4, 0.5) is 0 Å². The molecule has 0 amide bonds. The van der Waals surface area contributed by atoms with E-state index in [1.807, 2.05) is 6.07 Å². The van der Waals surface area contributed by atoms with E-state index in [1.54, 1.807) is 11.0 Å². The highest BCUT2D eigenvalue weighted by Gasteiger charge is 2.14. The molecule has 1 N–H and O–H groups in total. The highest BCUT2D eigenvalue weighted by molar-refractivity contribution is 5.05. The molecule has 1 aliphatic rings. The molecule has 5 nitrogen and oxygen atoms in total.